The number of ether oxygens (including phenoxy) is 3. The molecule has 6 nitrogen and oxygen atoms in total. The van der Waals surface area contributed by atoms with Crippen LogP contribution in [0.4, 0.5) is 5.69 Å². The monoisotopic (exact) mass is 529 g/mol. The van der Waals surface area contributed by atoms with Crippen LogP contribution in [0.5, 0.6) is 5.75 Å². The van der Waals surface area contributed by atoms with Crippen LogP contribution in [0.1, 0.15) is 76.9 Å². The highest BCUT2D eigenvalue weighted by Gasteiger charge is 2.27. The summed E-state index contributed by atoms with van der Waals surface area (Å²) in [5.74, 6) is 0.0862. The number of methoxy groups -OCH3 is 3. The molecular formula is C33H39NO5. The molecular weight excluding hydrogens is 490 g/mol. The van der Waals surface area contributed by atoms with Gasteiger partial charge in [0.15, 0.2) is 0 Å². The maximum atomic E-state index is 12.1. The molecule has 0 aliphatic heterocycles. The second-order valence-corrected chi connectivity index (χ2v) is 9.51. The lowest BCUT2D eigenvalue weighted by atomic mass is 9.80. The Kier molecular flexibility index (Phi) is 11.2. The van der Waals surface area contributed by atoms with Crippen molar-refractivity contribution in [3.63, 3.8) is 0 Å². The van der Waals surface area contributed by atoms with Gasteiger partial charge in [0, 0.05) is 11.6 Å². The molecule has 0 amide bonds. The highest BCUT2D eigenvalue weighted by Crippen LogP contribution is 2.39. The fourth-order valence-electron chi connectivity index (χ4n) is 4.71. The van der Waals surface area contributed by atoms with E-state index in [4.69, 9.17) is 14.2 Å². The number of nitrogens with one attached hydrogen (secondary N) is 1. The van der Waals surface area contributed by atoms with Crippen molar-refractivity contribution in [2.45, 2.75) is 45.1 Å². The van der Waals surface area contributed by atoms with E-state index in [0.29, 0.717) is 11.1 Å². The van der Waals surface area contributed by atoms with Crippen LogP contribution in [0, 0.1) is 5.92 Å². The maximum Gasteiger partial charge on any atom is 0.337 e. The lowest BCUT2D eigenvalue weighted by Crippen LogP contribution is -2.22. The van der Waals surface area contributed by atoms with E-state index in [1.807, 2.05) is 48.5 Å². The van der Waals surface area contributed by atoms with E-state index < -0.39 is 0 Å². The van der Waals surface area contributed by atoms with Crippen LogP contribution in [0.25, 0.3) is 5.57 Å². The summed E-state index contributed by atoms with van der Waals surface area (Å²) < 4.78 is 15.1. The van der Waals surface area contributed by atoms with Gasteiger partial charge in [0.2, 0.25) is 0 Å². The Morgan fingerprint density at radius 3 is 1.79 bits per heavy atom. The van der Waals surface area contributed by atoms with Gasteiger partial charge in [-0.25, -0.2) is 9.59 Å². The molecule has 1 N–H and O–H groups in total. The third-order valence-electron chi connectivity index (χ3n) is 7.00. The Morgan fingerprint density at radius 1 is 0.744 bits per heavy atom. The fraction of sp³-hybridized carbons (Fsp3) is 0.333. The van der Waals surface area contributed by atoms with E-state index in [2.05, 4.69) is 18.8 Å². The molecule has 0 aliphatic carbocycles. The number of anilines is 1. The van der Waals surface area contributed by atoms with Crippen molar-refractivity contribution < 1.29 is 23.8 Å². The van der Waals surface area contributed by atoms with E-state index in [0.717, 1.165) is 53.8 Å². The molecule has 3 aromatic carbocycles. The van der Waals surface area contributed by atoms with E-state index in [-0.39, 0.29) is 23.9 Å². The number of hydrogen-bond acceptors (Lipinski definition) is 6. The van der Waals surface area contributed by atoms with E-state index in [1.165, 1.54) is 20.6 Å². The third-order valence-corrected chi connectivity index (χ3v) is 7.00. The summed E-state index contributed by atoms with van der Waals surface area (Å²) >= 11 is 0. The molecule has 0 saturated carbocycles. The van der Waals surface area contributed by atoms with Crippen LogP contribution < -0.4 is 10.1 Å². The van der Waals surface area contributed by atoms with Crippen molar-refractivity contribution in [2.24, 2.45) is 5.92 Å². The molecule has 0 radical (unpaired) electrons. The van der Waals surface area contributed by atoms with Gasteiger partial charge in [-0.2, -0.15) is 0 Å². The SMILES string of the molecule is C=C(c1ccc(C(=O)OC)cc1)C(CCCCCC)C(Nc1ccc(OC)cc1)c1ccc(C(=O)OC)cc1. The molecule has 0 aliphatic rings. The summed E-state index contributed by atoms with van der Waals surface area (Å²) in [6, 6.07) is 22.7. The molecule has 0 heterocycles. The molecule has 206 valence electrons. The second-order valence-electron chi connectivity index (χ2n) is 9.51. The van der Waals surface area contributed by atoms with Crippen molar-refractivity contribution >= 4 is 23.2 Å². The Balaban J connectivity index is 2.01. The minimum atomic E-state index is -0.368. The lowest BCUT2D eigenvalue weighted by Gasteiger charge is -2.32. The maximum absolute atomic E-state index is 12.1. The van der Waals surface area contributed by atoms with Crippen LogP contribution in [0.2, 0.25) is 0 Å². The normalized spacial score (nSPS) is 12.2. The van der Waals surface area contributed by atoms with Crippen LogP contribution in [0.15, 0.2) is 79.4 Å². The van der Waals surface area contributed by atoms with Gasteiger partial charge in [0.25, 0.3) is 0 Å². The predicted molar refractivity (Wildman–Crippen MR) is 156 cm³/mol. The number of unbranched alkanes of at least 4 members (excludes halogenated alkanes) is 3. The molecule has 2 unspecified atom stereocenters. The van der Waals surface area contributed by atoms with Gasteiger partial charge in [-0.05, 0) is 71.7 Å². The average Bonchev–Trinajstić information content (AvgIpc) is 2.99. The third kappa shape index (κ3) is 7.96. The minimum absolute atomic E-state index is 0.0388. The predicted octanol–water partition coefficient (Wildman–Crippen LogP) is 7.72. The molecule has 0 bridgehead atoms. The first kappa shape index (κ1) is 29.5. The summed E-state index contributed by atoms with van der Waals surface area (Å²) in [7, 11) is 4.41. The number of benzene rings is 3. The Morgan fingerprint density at radius 2 is 1.28 bits per heavy atom. The first-order valence-electron chi connectivity index (χ1n) is 13.4. The Bertz CT molecular complexity index is 1220. The number of rotatable bonds is 14. The van der Waals surface area contributed by atoms with Gasteiger partial charge in [-0.3, -0.25) is 0 Å². The number of esters is 2. The molecule has 0 aromatic heterocycles. The molecule has 2 atom stereocenters. The quantitative estimate of drug-likeness (QED) is 0.170. The van der Waals surface area contributed by atoms with Crippen LogP contribution in [-0.4, -0.2) is 33.3 Å². The standard InChI is InChI=1S/C33H39NO5/c1-6-7-8-9-10-30(23(2)24-11-15-26(16-12-24)32(35)38-4)31(34-28-19-21-29(37-3)22-20-28)25-13-17-27(18-14-25)33(36)39-5/h11-22,30-31,34H,2,6-10H2,1,3-5H3. The van der Waals surface area contributed by atoms with Gasteiger partial charge < -0.3 is 19.5 Å². The minimum Gasteiger partial charge on any atom is -0.497 e. The summed E-state index contributed by atoms with van der Waals surface area (Å²) in [6.07, 6.45) is 5.45. The molecule has 0 saturated heterocycles. The summed E-state index contributed by atoms with van der Waals surface area (Å²) in [4.78, 5) is 24.1. The van der Waals surface area contributed by atoms with Crippen LogP contribution >= 0.6 is 0 Å². The summed E-state index contributed by atoms with van der Waals surface area (Å²) in [6.45, 7) is 6.75. The summed E-state index contributed by atoms with van der Waals surface area (Å²) in [5.41, 5.74) is 4.93. The van der Waals surface area contributed by atoms with Crippen molar-refractivity contribution in [3.05, 3.63) is 102 Å². The molecule has 39 heavy (non-hydrogen) atoms. The largest absolute Gasteiger partial charge is 0.497 e. The second kappa shape index (κ2) is 14.8. The summed E-state index contributed by atoms with van der Waals surface area (Å²) in [5, 5.41) is 3.73. The van der Waals surface area contributed by atoms with Gasteiger partial charge in [-0.1, -0.05) is 63.5 Å². The first-order chi connectivity index (χ1) is 18.9. The zero-order valence-electron chi connectivity index (χ0n) is 23.4. The van der Waals surface area contributed by atoms with Crippen molar-refractivity contribution in [1.29, 1.82) is 0 Å². The smallest absolute Gasteiger partial charge is 0.337 e. The number of carbonyl (C=O) groups is 2. The van der Waals surface area contributed by atoms with Crippen molar-refractivity contribution in [3.8, 4) is 5.75 Å². The zero-order valence-corrected chi connectivity index (χ0v) is 23.4. The first-order valence-corrected chi connectivity index (χ1v) is 13.4. The van der Waals surface area contributed by atoms with Gasteiger partial charge >= 0.3 is 11.9 Å². The fourth-order valence-corrected chi connectivity index (χ4v) is 4.71. The van der Waals surface area contributed by atoms with Gasteiger partial charge in [0.05, 0.1) is 38.5 Å². The number of hydrogen-bond donors (Lipinski definition) is 1. The zero-order chi connectivity index (χ0) is 28.2. The highest BCUT2D eigenvalue weighted by molar-refractivity contribution is 5.90. The van der Waals surface area contributed by atoms with Crippen molar-refractivity contribution in [1.82, 2.24) is 0 Å². The van der Waals surface area contributed by atoms with E-state index in [1.54, 1.807) is 31.4 Å². The van der Waals surface area contributed by atoms with Crippen LogP contribution in [0.3, 0.4) is 0 Å². The molecule has 0 spiro atoms. The van der Waals surface area contributed by atoms with Gasteiger partial charge in [0.1, 0.15) is 5.75 Å². The molecule has 6 heteroatoms. The van der Waals surface area contributed by atoms with Crippen LogP contribution in [-0.2, 0) is 9.47 Å². The number of carbonyl (C=O) groups excluding carboxylic acids is 2. The molecule has 0 fully saturated rings. The van der Waals surface area contributed by atoms with Crippen molar-refractivity contribution in [2.75, 3.05) is 26.6 Å². The van der Waals surface area contributed by atoms with Gasteiger partial charge in [-0.15, -0.1) is 0 Å². The molecule has 3 rings (SSSR count). The lowest BCUT2D eigenvalue weighted by molar-refractivity contribution is 0.0592. The van der Waals surface area contributed by atoms with E-state index in [9.17, 15) is 9.59 Å². The Hall–Kier alpha value is -4.06. The van der Waals surface area contributed by atoms with E-state index >= 15 is 0 Å². The molecule has 3 aromatic rings. The Labute approximate surface area is 232 Å². The highest BCUT2D eigenvalue weighted by atomic mass is 16.5. The average molecular weight is 530 g/mol. The topological polar surface area (TPSA) is 73.9 Å².